The average molecular weight is 442 g/mol. The largest absolute Gasteiger partial charge is 0.345 e. The fourth-order valence-electron chi connectivity index (χ4n) is 4.20. The van der Waals surface area contributed by atoms with Crippen LogP contribution in [0, 0.1) is 5.82 Å². The van der Waals surface area contributed by atoms with Gasteiger partial charge in [0.15, 0.2) is 0 Å². The Kier molecular flexibility index (Phi) is 3.82. The molecular formula is C20H17BrFN5O. The third-order valence-corrected chi connectivity index (χ3v) is 5.87. The van der Waals surface area contributed by atoms with Crippen LogP contribution >= 0.6 is 15.9 Å². The van der Waals surface area contributed by atoms with Crippen molar-refractivity contribution in [1.29, 1.82) is 0 Å². The Labute approximate surface area is 169 Å². The van der Waals surface area contributed by atoms with Crippen LogP contribution in [0.5, 0.6) is 0 Å². The zero-order valence-corrected chi connectivity index (χ0v) is 16.8. The first-order valence-corrected chi connectivity index (χ1v) is 9.70. The fourth-order valence-corrected chi connectivity index (χ4v) is 4.53. The molecule has 6 nitrogen and oxygen atoms in total. The molecule has 142 valence electrons. The third kappa shape index (κ3) is 2.41. The van der Waals surface area contributed by atoms with E-state index in [1.54, 1.807) is 28.4 Å². The highest BCUT2D eigenvalue weighted by molar-refractivity contribution is 9.10. The zero-order valence-electron chi connectivity index (χ0n) is 15.2. The minimum atomic E-state index is -0.525. The van der Waals surface area contributed by atoms with E-state index in [0.29, 0.717) is 21.4 Å². The van der Waals surface area contributed by atoms with Crippen LogP contribution in [0.3, 0.4) is 0 Å². The summed E-state index contributed by atoms with van der Waals surface area (Å²) < 4.78 is 15.6. The number of anilines is 1. The number of nitrogens with zero attached hydrogens (tertiary/aromatic N) is 3. The first kappa shape index (κ1) is 17.4. The Bertz CT molecular complexity index is 1160. The molecule has 1 amide bonds. The first-order valence-electron chi connectivity index (χ1n) is 8.91. The number of hydrogen-bond acceptors (Lipinski definition) is 4. The minimum Gasteiger partial charge on any atom is -0.345 e. The summed E-state index contributed by atoms with van der Waals surface area (Å²) in [5, 5.41) is 1.74. The zero-order chi connectivity index (χ0) is 19.6. The molecule has 2 aliphatic rings. The molecule has 2 aromatic carbocycles. The number of hydrogen-bond donors (Lipinski definition) is 2. The van der Waals surface area contributed by atoms with E-state index < -0.39 is 6.04 Å². The van der Waals surface area contributed by atoms with Gasteiger partial charge < -0.3 is 9.99 Å². The number of carbonyl (C=O) groups excluding carboxylic acids is 1. The molecule has 2 unspecified atom stereocenters. The van der Waals surface area contributed by atoms with E-state index in [2.05, 4.69) is 31.3 Å². The average Bonchev–Trinajstić information content (AvgIpc) is 3.30. The fraction of sp³-hybridized carbons (Fsp3) is 0.200. The molecule has 3 aromatic rings. The number of benzene rings is 2. The lowest BCUT2D eigenvalue weighted by atomic mass is 9.94. The summed E-state index contributed by atoms with van der Waals surface area (Å²) in [6.07, 6.45) is 1.62. The molecule has 2 atom stereocenters. The summed E-state index contributed by atoms with van der Waals surface area (Å²) in [5.41, 5.74) is 7.49. The SMILES string of the molecule is CC1NN(C)C2=C1C(c1ccc(Br)cc1F)N(c1ccc3nc[nH]c3c1)C2=O. The lowest BCUT2D eigenvalue weighted by Gasteiger charge is -2.31. The van der Waals surface area contributed by atoms with Crippen LogP contribution in [0.4, 0.5) is 10.1 Å². The molecule has 2 N–H and O–H groups in total. The topological polar surface area (TPSA) is 64.3 Å². The van der Waals surface area contributed by atoms with E-state index in [9.17, 15) is 9.18 Å². The van der Waals surface area contributed by atoms with Crippen molar-refractivity contribution in [3.8, 4) is 0 Å². The Morgan fingerprint density at radius 2 is 2.04 bits per heavy atom. The Hall–Kier alpha value is -2.71. The summed E-state index contributed by atoms with van der Waals surface area (Å²) in [7, 11) is 1.81. The van der Waals surface area contributed by atoms with Crippen molar-refractivity contribution in [1.82, 2.24) is 20.4 Å². The van der Waals surface area contributed by atoms with Crippen molar-refractivity contribution < 1.29 is 9.18 Å². The molecule has 0 fully saturated rings. The van der Waals surface area contributed by atoms with Crippen molar-refractivity contribution in [2.45, 2.75) is 19.0 Å². The van der Waals surface area contributed by atoms with Crippen LogP contribution in [-0.4, -0.2) is 34.0 Å². The lowest BCUT2D eigenvalue weighted by Crippen LogP contribution is -2.42. The normalized spacial score (nSPS) is 21.9. The summed E-state index contributed by atoms with van der Waals surface area (Å²) in [6.45, 7) is 1.98. The van der Waals surface area contributed by atoms with E-state index in [1.807, 2.05) is 32.2 Å². The second-order valence-electron chi connectivity index (χ2n) is 7.06. The van der Waals surface area contributed by atoms with E-state index >= 15 is 0 Å². The molecule has 28 heavy (non-hydrogen) atoms. The van der Waals surface area contributed by atoms with Crippen LogP contribution in [0.25, 0.3) is 11.0 Å². The number of nitrogens with one attached hydrogen (secondary N) is 2. The van der Waals surface area contributed by atoms with Crippen molar-refractivity contribution in [2.75, 3.05) is 11.9 Å². The molecule has 0 aliphatic carbocycles. The number of imidazole rings is 1. The van der Waals surface area contributed by atoms with Gasteiger partial charge in [-0.2, -0.15) is 0 Å². The van der Waals surface area contributed by atoms with Crippen LogP contribution < -0.4 is 10.3 Å². The Morgan fingerprint density at radius 1 is 1.21 bits per heavy atom. The summed E-state index contributed by atoms with van der Waals surface area (Å²) in [6, 6.07) is 9.95. The number of H-pyrrole nitrogens is 1. The minimum absolute atomic E-state index is 0.0853. The second kappa shape index (κ2) is 6.15. The number of amides is 1. The molecule has 0 radical (unpaired) electrons. The Balaban J connectivity index is 1.71. The molecule has 0 spiro atoms. The predicted octanol–water partition coefficient (Wildman–Crippen LogP) is 3.65. The maximum atomic E-state index is 15.0. The van der Waals surface area contributed by atoms with E-state index in [4.69, 9.17) is 0 Å². The molecule has 2 aliphatic heterocycles. The van der Waals surface area contributed by atoms with Gasteiger partial charge in [0.05, 0.1) is 23.4 Å². The van der Waals surface area contributed by atoms with Gasteiger partial charge in [-0.3, -0.25) is 9.69 Å². The molecular weight excluding hydrogens is 425 g/mol. The van der Waals surface area contributed by atoms with Crippen molar-refractivity contribution in [2.24, 2.45) is 0 Å². The van der Waals surface area contributed by atoms with Gasteiger partial charge in [-0.25, -0.2) is 14.8 Å². The monoisotopic (exact) mass is 441 g/mol. The van der Waals surface area contributed by atoms with E-state index in [-0.39, 0.29) is 17.8 Å². The van der Waals surface area contributed by atoms with Gasteiger partial charge in [0.25, 0.3) is 5.91 Å². The highest BCUT2D eigenvalue weighted by Crippen LogP contribution is 2.46. The molecule has 0 saturated heterocycles. The van der Waals surface area contributed by atoms with Crippen molar-refractivity contribution in [3.63, 3.8) is 0 Å². The van der Waals surface area contributed by atoms with Gasteiger partial charge in [0.2, 0.25) is 0 Å². The Morgan fingerprint density at radius 3 is 2.82 bits per heavy atom. The maximum absolute atomic E-state index is 15.0. The smallest absolute Gasteiger partial charge is 0.276 e. The predicted molar refractivity (Wildman–Crippen MR) is 108 cm³/mol. The number of likely N-dealkylation sites (N-methyl/N-ethyl adjacent to an activating group) is 1. The quantitative estimate of drug-likeness (QED) is 0.636. The highest BCUT2D eigenvalue weighted by Gasteiger charge is 2.48. The molecule has 0 bridgehead atoms. The van der Waals surface area contributed by atoms with Gasteiger partial charge in [-0.15, -0.1) is 0 Å². The van der Waals surface area contributed by atoms with Crippen LogP contribution in [0.2, 0.25) is 0 Å². The van der Waals surface area contributed by atoms with Gasteiger partial charge in [-0.05, 0) is 37.3 Å². The van der Waals surface area contributed by atoms with E-state index in [1.165, 1.54) is 6.07 Å². The van der Waals surface area contributed by atoms with Gasteiger partial charge in [0, 0.05) is 34.4 Å². The summed E-state index contributed by atoms with van der Waals surface area (Å²) in [4.78, 5) is 22.4. The number of hydrazine groups is 1. The number of halogens is 2. The van der Waals surface area contributed by atoms with Crippen LogP contribution in [0.15, 0.2) is 58.5 Å². The number of fused-ring (bicyclic) bond motifs is 1. The molecule has 1 aromatic heterocycles. The summed E-state index contributed by atoms with van der Waals surface area (Å²) in [5.74, 6) is -0.504. The third-order valence-electron chi connectivity index (χ3n) is 5.38. The summed E-state index contributed by atoms with van der Waals surface area (Å²) >= 11 is 3.31. The molecule has 0 saturated carbocycles. The molecule has 8 heteroatoms. The lowest BCUT2D eigenvalue weighted by molar-refractivity contribution is -0.116. The van der Waals surface area contributed by atoms with Crippen LogP contribution in [0.1, 0.15) is 18.5 Å². The highest BCUT2D eigenvalue weighted by atomic mass is 79.9. The van der Waals surface area contributed by atoms with Crippen molar-refractivity contribution in [3.05, 3.63) is 69.8 Å². The van der Waals surface area contributed by atoms with Crippen LogP contribution in [-0.2, 0) is 4.79 Å². The number of aromatic nitrogens is 2. The van der Waals surface area contributed by atoms with Gasteiger partial charge in [-0.1, -0.05) is 22.0 Å². The molecule has 5 rings (SSSR count). The number of aromatic amines is 1. The number of carbonyl (C=O) groups is 1. The van der Waals surface area contributed by atoms with Gasteiger partial charge >= 0.3 is 0 Å². The standard InChI is InChI=1S/C20H17BrFN5O/c1-10-17-18(13-5-3-11(21)7-14(13)22)27(20(28)19(17)26(2)25-10)12-4-6-15-16(8-12)24-9-23-15/h3-10,18,25H,1-2H3,(H,23,24). The van der Waals surface area contributed by atoms with Crippen molar-refractivity contribution >= 4 is 38.6 Å². The maximum Gasteiger partial charge on any atom is 0.276 e. The first-order chi connectivity index (χ1) is 13.5. The second-order valence-corrected chi connectivity index (χ2v) is 7.98. The van der Waals surface area contributed by atoms with Gasteiger partial charge in [0.1, 0.15) is 11.5 Å². The van der Waals surface area contributed by atoms with E-state index in [0.717, 1.165) is 16.6 Å². The molecule has 3 heterocycles. The number of rotatable bonds is 2.